The smallest absolute Gasteiger partial charge is 0.264 e. The Bertz CT molecular complexity index is 684. The van der Waals surface area contributed by atoms with Gasteiger partial charge in [0.1, 0.15) is 0 Å². The number of rotatable bonds is 3. The SMILES string of the molecule is Cc1cc(C(=O)N(C)Cc2cc(C#CCN)cs2)sc1C. The first-order valence-corrected chi connectivity index (χ1v) is 8.29. The lowest BCUT2D eigenvalue weighted by molar-refractivity contribution is 0.0791. The number of hydrogen-bond donors (Lipinski definition) is 1. The van der Waals surface area contributed by atoms with Crippen LogP contribution >= 0.6 is 22.7 Å². The largest absolute Gasteiger partial charge is 0.336 e. The van der Waals surface area contributed by atoms with Crippen LogP contribution in [0.2, 0.25) is 0 Å². The van der Waals surface area contributed by atoms with Gasteiger partial charge in [-0.3, -0.25) is 4.79 Å². The third-order valence-corrected chi connectivity index (χ3v) is 5.17. The summed E-state index contributed by atoms with van der Waals surface area (Å²) in [6.07, 6.45) is 0. The molecule has 0 fully saturated rings. The first kappa shape index (κ1) is 15.8. The normalized spacial score (nSPS) is 10.1. The molecular weight excluding hydrogens is 300 g/mol. The molecular formula is C16H18N2OS2. The number of aryl methyl sites for hydroxylation is 2. The summed E-state index contributed by atoms with van der Waals surface area (Å²) < 4.78 is 0. The topological polar surface area (TPSA) is 46.3 Å². The van der Waals surface area contributed by atoms with Crippen LogP contribution < -0.4 is 5.73 Å². The fourth-order valence-corrected chi connectivity index (χ4v) is 3.75. The van der Waals surface area contributed by atoms with Crippen molar-refractivity contribution in [3.05, 3.63) is 43.3 Å². The zero-order valence-electron chi connectivity index (χ0n) is 12.4. The molecule has 0 aliphatic carbocycles. The maximum atomic E-state index is 12.4. The van der Waals surface area contributed by atoms with Gasteiger partial charge in [-0.1, -0.05) is 11.8 Å². The quantitative estimate of drug-likeness (QED) is 0.884. The third-order valence-electron chi connectivity index (χ3n) is 3.11. The number of amides is 1. The Labute approximate surface area is 133 Å². The molecule has 0 saturated carbocycles. The van der Waals surface area contributed by atoms with Gasteiger partial charge in [-0.05, 0) is 31.5 Å². The molecule has 3 nitrogen and oxygen atoms in total. The minimum atomic E-state index is 0.0687. The first-order chi connectivity index (χ1) is 10.0. The molecule has 0 spiro atoms. The summed E-state index contributed by atoms with van der Waals surface area (Å²) in [5.74, 6) is 5.91. The van der Waals surface area contributed by atoms with Crippen molar-refractivity contribution in [3.8, 4) is 11.8 Å². The predicted octanol–water partition coefficient (Wildman–Crippen LogP) is 3.01. The van der Waals surface area contributed by atoms with Gasteiger partial charge in [0.05, 0.1) is 18.0 Å². The van der Waals surface area contributed by atoms with Crippen molar-refractivity contribution in [1.29, 1.82) is 0 Å². The standard InChI is InChI=1S/C16H18N2OS2/c1-11-7-15(21-12(11)2)16(19)18(3)9-14-8-13(10-20-14)5-4-6-17/h7-8,10H,6,9,17H2,1-3H3. The van der Waals surface area contributed by atoms with Crippen molar-refractivity contribution < 1.29 is 4.79 Å². The van der Waals surface area contributed by atoms with E-state index in [1.54, 1.807) is 27.6 Å². The van der Waals surface area contributed by atoms with Crippen LogP contribution in [0.3, 0.4) is 0 Å². The van der Waals surface area contributed by atoms with Gasteiger partial charge >= 0.3 is 0 Å². The molecule has 0 unspecified atom stereocenters. The van der Waals surface area contributed by atoms with E-state index < -0.39 is 0 Å². The van der Waals surface area contributed by atoms with E-state index in [-0.39, 0.29) is 5.91 Å². The van der Waals surface area contributed by atoms with Gasteiger partial charge in [-0.25, -0.2) is 0 Å². The number of carbonyl (C=O) groups excluding carboxylic acids is 1. The number of carbonyl (C=O) groups is 1. The van der Waals surface area contributed by atoms with Crippen LogP contribution in [0.15, 0.2) is 17.5 Å². The highest BCUT2D eigenvalue weighted by Crippen LogP contribution is 2.23. The molecule has 110 valence electrons. The van der Waals surface area contributed by atoms with Crippen LogP contribution in [0.4, 0.5) is 0 Å². The molecule has 2 heterocycles. The molecule has 21 heavy (non-hydrogen) atoms. The van der Waals surface area contributed by atoms with E-state index in [0.717, 1.165) is 15.3 Å². The van der Waals surface area contributed by atoms with Crippen molar-refractivity contribution >= 4 is 28.6 Å². The second kappa shape index (κ2) is 6.90. The lowest BCUT2D eigenvalue weighted by Crippen LogP contribution is -2.24. The maximum Gasteiger partial charge on any atom is 0.264 e. The summed E-state index contributed by atoms with van der Waals surface area (Å²) in [6.45, 7) is 5.03. The number of thiophene rings is 2. The van der Waals surface area contributed by atoms with Gasteiger partial charge in [-0.15, -0.1) is 22.7 Å². The monoisotopic (exact) mass is 318 g/mol. The fraction of sp³-hybridized carbons (Fsp3) is 0.312. The van der Waals surface area contributed by atoms with Crippen LogP contribution in [-0.2, 0) is 6.54 Å². The van der Waals surface area contributed by atoms with E-state index in [4.69, 9.17) is 5.73 Å². The fourth-order valence-electron chi connectivity index (χ4n) is 1.85. The zero-order chi connectivity index (χ0) is 15.4. The van der Waals surface area contributed by atoms with Gasteiger partial charge in [0.25, 0.3) is 5.91 Å². The van der Waals surface area contributed by atoms with Crippen molar-refractivity contribution in [2.24, 2.45) is 5.73 Å². The van der Waals surface area contributed by atoms with Gasteiger partial charge < -0.3 is 10.6 Å². The summed E-state index contributed by atoms with van der Waals surface area (Å²) in [5, 5.41) is 2.00. The highest BCUT2D eigenvalue weighted by molar-refractivity contribution is 7.14. The van der Waals surface area contributed by atoms with E-state index in [2.05, 4.69) is 11.8 Å². The Morgan fingerprint density at radius 2 is 2.14 bits per heavy atom. The highest BCUT2D eigenvalue weighted by Gasteiger charge is 2.16. The molecule has 0 atom stereocenters. The molecule has 0 bridgehead atoms. The Balaban J connectivity index is 2.05. The third kappa shape index (κ3) is 3.94. The van der Waals surface area contributed by atoms with Crippen molar-refractivity contribution in [3.63, 3.8) is 0 Å². The molecule has 0 aromatic carbocycles. The summed E-state index contributed by atoms with van der Waals surface area (Å²) in [5.41, 5.74) is 7.50. The molecule has 0 aliphatic rings. The molecule has 5 heteroatoms. The second-order valence-electron chi connectivity index (χ2n) is 4.82. The van der Waals surface area contributed by atoms with E-state index in [1.165, 1.54) is 10.4 Å². The van der Waals surface area contributed by atoms with E-state index in [1.807, 2.05) is 38.4 Å². The Kier molecular flexibility index (Phi) is 5.18. The van der Waals surface area contributed by atoms with E-state index in [9.17, 15) is 4.79 Å². The molecule has 0 aliphatic heterocycles. The molecule has 0 saturated heterocycles. The second-order valence-corrected chi connectivity index (χ2v) is 7.07. The molecule has 0 radical (unpaired) electrons. The van der Waals surface area contributed by atoms with Gasteiger partial charge in [0, 0.05) is 27.7 Å². The molecule has 1 amide bonds. The van der Waals surface area contributed by atoms with Crippen LogP contribution in [0.1, 0.15) is 30.6 Å². The minimum absolute atomic E-state index is 0.0687. The number of hydrogen-bond acceptors (Lipinski definition) is 4. The van der Waals surface area contributed by atoms with Crippen molar-refractivity contribution in [2.45, 2.75) is 20.4 Å². The van der Waals surface area contributed by atoms with Gasteiger partial charge in [0.15, 0.2) is 0 Å². The Morgan fingerprint density at radius 3 is 2.76 bits per heavy atom. The first-order valence-electron chi connectivity index (χ1n) is 6.60. The Hall–Kier alpha value is -1.61. The highest BCUT2D eigenvalue weighted by atomic mass is 32.1. The summed E-state index contributed by atoms with van der Waals surface area (Å²) in [4.78, 5) is 17.3. The van der Waals surface area contributed by atoms with Gasteiger partial charge in [-0.2, -0.15) is 0 Å². The molecule has 2 aromatic heterocycles. The van der Waals surface area contributed by atoms with E-state index >= 15 is 0 Å². The summed E-state index contributed by atoms with van der Waals surface area (Å²) in [7, 11) is 1.83. The molecule has 2 aromatic rings. The van der Waals surface area contributed by atoms with Crippen LogP contribution in [0.5, 0.6) is 0 Å². The van der Waals surface area contributed by atoms with Crippen molar-refractivity contribution in [2.75, 3.05) is 13.6 Å². The van der Waals surface area contributed by atoms with Gasteiger partial charge in [0.2, 0.25) is 0 Å². The number of nitrogens with two attached hydrogens (primary N) is 1. The average Bonchev–Trinajstić information content (AvgIpc) is 3.03. The van der Waals surface area contributed by atoms with E-state index in [0.29, 0.717) is 13.1 Å². The van der Waals surface area contributed by atoms with Crippen molar-refractivity contribution in [1.82, 2.24) is 4.90 Å². The average molecular weight is 318 g/mol. The predicted molar refractivity (Wildman–Crippen MR) is 89.8 cm³/mol. The Morgan fingerprint density at radius 1 is 1.38 bits per heavy atom. The van der Waals surface area contributed by atoms with Crippen LogP contribution in [-0.4, -0.2) is 24.4 Å². The molecule has 2 rings (SSSR count). The number of nitrogens with zero attached hydrogens (tertiary/aromatic N) is 1. The maximum absolute atomic E-state index is 12.4. The van der Waals surface area contributed by atoms with Crippen LogP contribution in [0.25, 0.3) is 0 Å². The summed E-state index contributed by atoms with van der Waals surface area (Å²) in [6, 6.07) is 3.98. The molecule has 2 N–H and O–H groups in total. The lowest BCUT2D eigenvalue weighted by Gasteiger charge is -2.14. The summed E-state index contributed by atoms with van der Waals surface area (Å²) >= 11 is 3.17. The zero-order valence-corrected chi connectivity index (χ0v) is 14.0. The lowest BCUT2D eigenvalue weighted by atomic mass is 10.2. The van der Waals surface area contributed by atoms with Crippen LogP contribution in [0, 0.1) is 25.7 Å². The minimum Gasteiger partial charge on any atom is -0.336 e.